The summed E-state index contributed by atoms with van der Waals surface area (Å²) in [4.78, 5) is 2.44. The van der Waals surface area contributed by atoms with Crippen LogP contribution in [0.2, 0.25) is 0 Å². The van der Waals surface area contributed by atoms with E-state index in [-0.39, 0.29) is 0 Å². The highest BCUT2D eigenvalue weighted by molar-refractivity contribution is 7.99. The van der Waals surface area contributed by atoms with Crippen LogP contribution >= 0.6 is 11.8 Å². The van der Waals surface area contributed by atoms with E-state index in [4.69, 9.17) is 9.84 Å². The SMILES string of the molecule is CCN1CCOC(CNCCSCCCO)C1. The van der Waals surface area contributed by atoms with Crippen molar-refractivity contribution in [3.8, 4) is 0 Å². The number of aliphatic hydroxyl groups excluding tert-OH is 1. The van der Waals surface area contributed by atoms with Gasteiger partial charge < -0.3 is 15.2 Å². The molecule has 1 saturated heterocycles. The van der Waals surface area contributed by atoms with Crippen LogP contribution in [0.1, 0.15) is 13.3 Å². The molecule has 1 fully saturated rings. The van der Waals surface area contributed by atoms with Gasteiger partial charge >= 0.3 is 0 Å². The Balaban J connectivity index is 1.91. The van der Waals surface area contributed by atoms with Gasteiger partial charge in [0.15, 0.2) is 0 Å². The number of aliphatic hydroxyl groups is 1. The van der Waals surface area contributed by atoms with Crippen LogP contribution in [0.3, 0.4) is 0 Å². The largest absolute Gasteiger partial charge is 0.396 e. The molecule has 0 spiro atoms. The van der Waals surface area contributed by atoms with Crippen LogP contribution in [0.25, 0.3) is 0 Å². The molecule has 0 radical (unpaired) electrons. The van der Waals surface area contributed by atoms with Crippen LogP contribution in [-0.4, -0.2) is 73.6 Å². The number of morpholine rings is 1. The van der Waals surface area contributed by atoms with Crippen molar-refractivity contribution in [2.45, 2.75) is 19.4 Å². The van der Waals surface area contributed by atoms with Crippen LogP contribution in [0.4, 0.5) is 0 Å². The number of nitrogens with one attached hydrogen (secondary N) is 1. The topological polar surface area (TPSA) is 44.7 Å². The summed E-state index contributed by atoms with van der Waals surface area (Å²) in [6, 6.07) is 0. The Morgan fingerprint density at radius 3 is 3.12 bits per heavy atom. The molecule has 102 valence electrons. The van der Waals surface area contributed by atoms with Crippen LogP contribution in [0.15, 0.2) is 0 Å². The number of rotatable bonds is 9. The smallest absolute Gasteiger partial charge is 0.0826 e. The molecule has 1 unspecified atom stereocenters. The van der Waals surface area contributed by atoms with Gasteiger partial charge in [0, 0.05) is 38.5 Å². The second-order valence-corrected chi connectivity index (χ2v) is 5.50. The van der Waals surface area contributed by atoms with Gasteiger partial charge in [-0.3, -0.25) is 4.90 Å². The quantitative estimate of drug-likeness (QED) is 0.589. The minimum Gasteiger partial charge on any atom is -0.396 e. The molecule has 0 aromatic carbocycles. The molecule has 1 rings (SSSR count). The number of ether oxygens (including phenoxy) is 1. The van der Waals surface area contributed by atoms with E-state index in [9.17, 15) is 0 Å². The lowest BCUT2D eigenvalue weighted by atomic mass is 10.2. The van der Waals surface area contributed by atoms with Crippen molar-refractivity contribution in [3.63, 3.8) is 0 Å². The van der Waals surface area contributed by atoms with Crippen molar-refractivity contribution >= 4 is 11.8 Å². The first kappa shape index (κ1) is 15.2. The lowest BCUT2D eigenvalue weighted by molar-refractivity contribution is -0.0249. The number of likely N-dealkylation sites (N-methyl/N-ethyl adjacent to an activating group) is 1. The summed E-state index contributed by atoms with van der Waals surface area (Å²) in [6.45, 7) is 8.61. The summed E-state index contributed by atoms with van der Waals surface area (Å²) in [5.74, 6) is 2.17. The summed E-state index contributed by atoms with van der Waals surface area (Å²) in [6.07, 6.45) is 1.26. The van der Waals surface area contributed by atoms with E-state index in [0.29, 0.717) is 12.7 Å². The first-order chi connectivity index (χ1) is 8.36. The molecular formula is C12H26N2O2S. The van der Waals surface area contributed by atoms with Gasteiger partial charge in [0.25, 0.3) is 0 Å². The molecule has 0 bridgehead atoms. The average Bonchev–Trinajstić information content (AvgIpc) is 2.38. The Bertz CT molecular complexity index is 184. The molecule has 0 saturated carbocycles. The van der Waals surface area contributed by atoms with E-state index < -0.39 is 0 Å². The Morgan fingerprint density at radius 1 is 1.47 bits per heavy atom. The van der Waals surface area contributed by atoms with Crippen molar-refractivity contribution in [2.75, 3.05) is 57.4 Å². The van der Waals surface area contributed by atoms with Gasteiger partial charge in [-0.15, -0.1) is 0 Å². The van der Waals surface area contributed by atoms with Crippen molar-refractivity contribution in [1.29, 1.82) is 0 Å². The first-order valence-electron chi connectivity index (χ1n) is 6.60. The molecule has 1 aliphatic heterocycles. The van der Waals surface area contributed by atoms with E-state index in [0.717, 1.165) is 57.3 Å². The van der Waals surface area contributed by atoms with Gasteiger partial charge in [-0.1, -0.05) is 6.92 Å². The molecule has 1 atom stereocenters. The highest BCUT2D eigenvalue weighted by atomic mass is 32.2. The van der Waals surface area contributed by atoms with E-state index >= 15 is 0 Å². The highest BCUT2D eigenvalue weighted by Gasteiger charge is 2.18. The molecule has 4 nitrogen and oxygen atoms in total. The second-order valence-electron chi connectivity index (χ2n) is 4.28. The van der Waals surface area contributed by atoms with Crippen LogP contribution in [0.5, 0.6) is 0 Å². The number of thioether (sulfide) groups is 1. The Morgan fingerprint density at radius 2 is 2.35 bits per heavy atom. The summed E-state index contributed by atoms with van der Waals surface area (Å²) < 4.78 is 5.71. The van der Waals surface area contributed by atoms with Crippen LogP contribution in [0, 0.1) is 0 Å². The monoisotopic (exact) mass is 262 g/mol. The summed E-state index contributed by atoms with van der Waals surface area (Å²) in [5.41, 5.74) is 0. The third-order valence-electron chi connectivity index (χ3n) is 2.91. The zero-order valence-electron chi connectivity index (χ0n) is 10.9. The molecule has 0 aromatic heterocycles. The molecule has 1 heterocycles. The van der Waals surface area contributed by atoms with Gasteiger partial charge in [-0.2, -0.15) is 11.8 Å². The second kappa shape index (κ2) is 10.1. The maximum absolute atomic E-state index is 8.64. The molecule has 0 aliphatic carbocycles. The molecule has 0 aromatic rings. The van der Waals surface area contributed by atoms with Gasteiger partial charge in [0.2, 0.25) is 0 Å². The van der Waals surface area contributed by atoms with Gasteiger partial charge in [0.05, 0.1) is 12.7 Å². The molecule has 0 amide bonds. The maximum atomic E-state index is 8.64. The number of nitrogens with zero attached hydrogens (tertiary/aromatic N) is 1. The maximum Gasteiger partial charge on any atom is 0.0826 e. The summed E-state index contributed by atoms with van der Waals surface area (Å²) in [7, 11) is 0. The Kier molecular flexibility index (Phi) is 9.10. The molecule has 1 aliphatic rings. The minimum atomic E-state index is 0.309. The number of hydrogen-bond acceptors (Lipinski definition) is 5. The van der Waals surface area contributed by atoms with Gasteiger partial charge in [-0.25, -0.2) is 0 Å². The van der Waals surface area contributed by atoms with E-state index in [1.807, 2.05) is 11.8 Å². The fourth-order valence-corrected chi connectivity index (χ4v) is 2.69. The summed E-state index contributed by atoms with van der Waals surface area (Å²) >= 11 is 1.90. The number of hydrogen-bond donors (Lipinski definition) is 2. The van der Waals surface area contributed by atoms with E-state index in [2.05, 4.69) is 17.1 Å². The Labute approximate surface area is 109 Å². The van der Waals surface area contributed by atoms with E-state index in [1.54, 1.807) is 0 Å². The summed E-state index contributed by atoms with van der Waals surface area (Å²) in [5, 5.41) is 12.1. The standard InChI is InChI=1S/C12H26N2O2S/c1-2-14-5-7-16-12(11-14)10-13-4-9-17-8-3-6-15/h12-13,15H,2-11H2,1H3. The zero-order valence-corrected chi connectivity index (χ0v) is 11.7. The lowest BCUT2D eigenvalue weighted by Crippen LogP contribution is -2.46. The first-order valence-corrected chi connectivity index (χ1v) is 7.75. The third kappa shape index (κ3) is 7.26. The lowest BCUT2D eigenvalue weighted by Gasteiger charge is -2.32. The highest BCUT2D eigenvalue weighted by Crippen LogP contribution is 2.04. The van der Waals surface area contributed by atoms with Gasteiger partial charge in [-0.05, 0) is 18.7 Å². The molecule has 5 heteroatoms. The van der Waals surface area contributed by atoms with Crippen molar-refractivity contribution < 1.29 is 9.84 Å². The predicted molar refractivity (Wildman–Crippen MR) is 73.8 cm³/mol. The fourth-order valence-electron chi connectivity index (χ4n) is 1.87. The van der Waals surface area contributed by atoms with Crippen LogP contribution in [-0.2, 0) is 4.74 Å². The molecular weight excluding hydrogens is 236 g/mol. The Hall–Kier alpha value is 0.190. The average molecular weight is 262 g/mol. The van der Waals surface area contributed by atoms with Crippen molar-refractivity contribution in [1.82, 2.24) is 10.2 Å². The minimum absolute atomic E-state index is 0.309. The molecule has 17 heavy (non-hydrogen) atoms. The van der Waals surface area contributed by atoms with Crippen LogP contribution < -0.4 is 5.32 Å². The van der Waals surface area contributed by atoms with Crippen molar-refractivity contribution in [3.05, 3.63) is 0 Å². The molecule has 2 N–H and O–H groups in total. The third-order valence-corrected chi connectivity index (χ3v) is 3.98. The van der Waals surface area contributed by atoms with E-state index in [1.165, 1.54) is 0 Å². The van der Waals surface area contributed by atoms with Gasteiger partial charge in [0.1, 0.15) is 0 Å². The normalized spacial score (nSPS) is 21.9. The van der Waals surface area contributed by atoms with Crippen molar-refractivity contribution in [2.24, 2.45) is 0 Å². The predicted octanol–water partition coefficient (Wildman–Crippen LogP) is 0.412. The zero-order chi connectivity index (χ0) is 12.3. The fraction of sp³-hybridized carbons (Fsp3) is 1.00.